The number of furan rings is 1. The van der Waals surface area contributed by atoms with Crippen molar-refractivity contribution in [1.29, 1.82) is 0 Å². The number of ether oxygens (including phenoxy) is 1. The highest BCUT2D eigenvalue weighted by molar-refractivity contribution is 5.94. The summed E-state index contributed by atoms with van der Waals surface area (Å²) in [7, 11) is 1.64. The first-order valence-electron chi connectivity index (χ1n) is 6.43. The van der Waals surface area contributed by atoms with Gasteiger partial charge >= 0.3 is 0 Å². The van der Waals surface area contributed by atoms with Crippen LogP contribution in [0.1, 0.15) is 16.1 Å². The van der Waals surface area contributed by atoms with E-state index in [0.717, 1.165) is 16.7 Å². The van der Waals surface area contributed by atoms with Gasteiger partial charge in [0.05, 0.1) is 25.5 Å². The van der Waals surface area contributed by atoms with Gasteiger partial charge in [0.25, 0.3) is 5.91 Å². The molecule has 0 atom stereocenters. The second-order valence-electron chi connectivity index (χ2n) is 4.60. The number of rotatable bonds is 4. The number of fused-ring (bicyclic) bond motifs is 1. The molecule has 1 amide bonds. The summed E-state index contributed by atoms with van der Waals surface area (Å²) in [5.74, 6) is 6.17. The van der Waals surface area contributed by atoms with Gasteiger partial charge in [-0.2, -0.15) is 0 Å². The fourth-order valence-corrected chi connectivity index (χ4v) is 2.34. The monoisotopic (exact) mass is 285 g/mol. The van der Waals surface area contributed by atoms with Crippen LogP contribution in [0.4, 0.5) is 0 Å². The van der Waals surface area contributed by atoms with Crippen LogP contribution in [0.5, 0.6) is 5.75 Å². The third-order valence-corrected chi connectivity index (χ3v) is 3.41. The number of benzene rings is 1. The number of nitrogens with two attached hydrogens (primary N) is 1. The van der Waals surface area contributed by atoms with Crippen LogP contribution in [-0.2, 0) is 6.54 Å². The van der Waals surface area contributed by atoms with Crippen LogP contribution >= 0.6 is 0 Å². The molecule has 0 spiro atoms. The van der Waals surface area contributed by atoms with Crippen LogP contribution in [0.2, 0.25) is 0 Å². The zero-order chi connectivity index (χ0) is 14.8. The molecule has 0 aliphatic carbocycles. The number of nitrogens with zero attached hydrogens (tertiary/aromatic N) is 1. The van der Waals surface area contributed by atoms with Crippen molar-refractivity contribution in [3.05, 3.63) is 54.1 Å². The van der Waals surface area contributed by atoms with Gasteiger partial charge in [-0.05, 0) is 30.3 Å². The van der Waals surface area contributed by atoms with E-state index in [4.69, 9.17) is 15.0 Å². The fraction of sp³-hybridized carbons (Fsp3) is 0.133. The number of hydrogen-bond donors (Lipinski definition) is 2. The quantitative estimate of drug-likeness (QED) is 0.436. The Morgan fingerprint density at radius 3 is 3.00 bits per heavy atom. The third-order valence-electron chi connectivity index (χ3n) is 3.41. The van der Waals surface area contributed by atoms with Gasteiger partial charge < -0.3 is 13.7 Å². The molecule has 108 valence electrons. The van der Waals surface area contributed by atoms with Gasteiger partial charge in [0.15, 0.2) is 0 Å². The number of hydrogen-bond acceptors (Lipinski definition) is 4. The molecule has 2 heterocycles. The van der Waals surface area contributed by atoms with Gasteiger partial charge in [0.1, 0.15) is 11.5 Å². The van der Waals surface area contributed by atoms with Gasteiger partial charge in [0, 0.05) is 17.1 Å². The standard InChI is InChI=1S/C15H15N3O3/c1-20-11-2-3-13-10(8-11)4-6-18(13)9-14-12(5-7-21-14)15(19)17-16/h2-8H,9,16H2,1H3,(H,17,19). The van der Waals surface area contributed by atoms with Crippen molar-refractivity contribution in [3.8, 4) is 5.75 Å². The Hall–Kier alpha value is -2.73. The van der Waals surface area contributed by atoms with Crippen LogP contribution < -0.4 is 16.0 Å². The average molecular weight is 285 g/mol. The van der Waals surface area contributed by atoms with Crippen LogP contribution in [0.15, 0.2) is 47.2 Å². The number of nitrogens with one attached hydrogen (secondary N) is 1. The highest BCUT2D eigenvalue weighted by Crippen LogP contribution is 2.23. The Bertz CT molecular complexity index is 788. The summed E-state index contributed by atoms with van der Waals surface area (Å²) < 4.78 is 12.6. The predicted octanol–water partition coefficient (Wildman–Crippen LogP) is 1.89. The lowest BCUT2D eigenvalue weighted by Gasteiger charge is -2.06. The third kappa shape index (κ3) is 2.36. The summed E-state index contributed by atoms with van der Waals surface area (Å²) in [6.07, 6.45) is 3.42. The Balaban J connectivity index is 1.95. The van der Waals surface area contributed by atoms with E-state index in [1.807, 2.05) is 35.0 Å². The van der Waals surface area contributed by atoms with E-state index < -0.39 is 0 Å². The number of amides is 1. The Kier molecular flexibility index (Phi) is 3.37. The number of methoxy groups -OCH3 is 1. The number of nitrogen functional groups attached to an aromatic ring is 1. The van der Waals surface area contributed by atoms with E-state index >= 15 is 0 Å². The largest absolute Gasteiger partial charge is 0.497 e. The molecule has 0 bridgehead atoms. The molecule has 0 saturated heterocycles. The van der Waals surface area contributed by atoms with E-state index in [1.165, 1.54) is 6.26 Å². The lowest BCUT2D eigenvalue weighted by Crippen LogP contribution is -2.30. The van der Waals surface area contributed by atoms with E-state index in [2.05, 4.69) is 5.43 Å². The molecule has 0 aliphatic heterocycles. The molecule has 6 nitrogen and oxygen atoms in total. The maximum atomic E-state index is 11.6. The van der Waals surface area contributed by atoms with Crippen molar-refractivity contribution in [2.75, 3.05) is 7.11 Å². The van der Waals surface area contributed by atoms with E-state index in [0.29, 0.717) is 17.9 Å². The Morgan fingerprint density at radius 1 is 1.38 bits per heavy atom. The first-order chi connectivity index (χ1) is 10.2. The van der Waals surface area contributed by atoms with Crippen molar-refractivity contribution >= 4 is 16.8 Å². The molecule has 6 heteroatoms. The van der Waals surface area contributed by atoms with Gasteiger partial charge in [-0.15, -0.1) is 0 Å². The van der Waals surface area contributed by atoms with Crippen LogP contribution in [-0.4, -0.2) is 17.6 Å². The molecule has 3 N–H and O–H groups in total. The topological polar surface area (TPSA) is 82.4 Å². The van der Waals surface area contributed by atoms with Crippen LogP contribution in [0.25, 0.3) is 10.9 Å². The van der Waals surface area contributed by atoms with Crippen LogP contribution in [0.3, 0.4) is 0 Å². The fourth-order valence-electron chi connectivity index (χ4n) is 2.34. The first kappa shape index (κ1) is 13.3. The normalized spacial score (nSPS) is 10.8. The Labute approximate surface area is 121 Å². The van der Waals surface area contributed by atoms with Gasteiger partial charge in [0.2, 0.25) is 0 Å². The molecule has 21 heavy (non-hydrogen) atoms. The van der Waals surface area contributed by atoms with Gasteiger partial charge in [-0.3, -0.25) is 10.2 Å². The maximum Gasteiger partial charge on any atom is 0.268 e. The number of carbonyl (C=O) groups excluding carboxylic acids is 1. The van der Waals surface area contributed by atoms with E-state index in [9.17, 15) is 4.79 Å². The molecular weight excluding hydrogens is 270 g/mol. The summed E-state index contributed by atoms with van der Waals surface area (Å²) >= 11 is 0. The smallest absolute Gasteiger partial charge is 0.268 e. The number of carbonyl (C=O) groups is 1. The average Bonchev–Trinajstić information content (AvgIpc) is 3.13. The second kappa shape index (κ2) is 5.34. The minimum Gasteiger partial charge on any atom is -0.497 e. The highest BCUT2D eigenvalue weighted by Gasteiger charge is 2.14. The highest BCUT2D eigenvalue weighted by atomic mass is 16.5. The van der Waals surface area contributed by atoms with Crippen molar-refractivity contribution in [2.24, 2.45) is 5.84 Å². The molecule has 2 aromatic heterocycles. The molecular formula is C15H15N3O3. The van der Waals surface area contributed by atoms with E-state index in [1.54, 1.807) is 13.2 Å². The van der Waals surface area contributed by atoms with Gasteiger partial charge in [-0.25, -0.2) is 5.84 Å². The molecule has 0 fully saturated rings. The van der Waals surface area contributed by atoms with Gasteiger partial charge in [-0.1, -0.05) is 0 Å². The lowest BCUT2D eigenvalue weighted by molar-refractivity contribution is 0.0951. The maximum absolute atomic E-state index is 11.6. The summed E-state index contributed by atoms with van der Waals surface area (Å²) in [5.41, 5.74) is 3.59. The summed E-state index contributed by atoms with van der Waals surface area (Å²) in [6.45, 7) is 0.450. The van der Waals surface area contributed by atoms with E-state index in [-0.39, 0.29) is 5.91 Å². The SMILES string of the molecule is COc1ccc2c(ccn2Cc2occc2C(=O)NN)c1. The minimum atomic E-state index is -0.364. The minimum absolute atomic E-state index is 0.364. The summed E-state index contributed by atoms with van der Waals surface area (Å²) in [5, 5.41) is 1.06. The summed E-state index contributed by atoms with van der Waals surface area (Å²) in [4.78, 5) is 11.6. The van der Waals surface area contributed by atoms with Crippen molar-refractivity contribution in [1.82, 2.24) is 9.99 Å². The molecule has 0 saturated carbocycles. The first-order valence-corrected chi connectivity index (χ1v) is 6.43. The van der Waals surface area contributed by atoms with Crippen LogP contribution in [0, 0.1) is 0 Å². The Morgan fingerprint density at radius 2 is 2.24 bits per heavy atom. The zero-order valence-electron chi connectivity index (χ0n) is 11.5. The lowest BCUT2D eigenvalue weighted by atomic mass is 10.2. The number of hydrazine groups is 1. The second-order valence-corrected chi connectivity index (χ2v) is 4.60. The molecule has 1 aromatic carbocycles. The van der Waals surface area contributed by atoms with Crippen molar-refractivity contribution < 1.29 is 13.9 Å². The molecule has 0 aliphatic rings. The molecule has 0 radical (unpaired) electrons. The zero-order valence-corrected chi connectivity index (χ0v) is 11.5. The predicted molar refractivity (Wildman–Crippen MR) is 78.0 cm³/mol. The molecule has 0 unspecified atom stereocenters. The van der Waals surface area contributed by atoms with Crippen molar-refractivity contribution in [2.45, 2.75) is 6.54 Å². The summed E-state index contributed by atoms with van der Waals surface area (Å²) in [6, 6.07) is 9.42. The molecule has 3 rings (SSSR count). The molecule has 3 aromatic rings. The van der Waals surface area contributed by atoms with Crippen molar-refractivity contribution in [3.63, 3.8) is 0 Å². The number of aromatic nitrogens is 1.